The molecule has 3 heterocycles. The van der Waals surface area contributed by atoms with Gasteiger partial charge in [-0.1, -0.05) is 12.1 Å². The van der Waals surface area contributed by atoms with Crippen LogP contribution in [-0.4, -0.2) is 21.5 Å². The van der Waals surface area contributed by atoms with E-state index in [-0.39, 0.29) is 5.75 Å². The number of aromatic amines is 1. The fourth-order valence-corrected chi connectivity index (χ4v) is 2.53. The number of rotatable bonds is 5. The number of pyridine rings is 1. The zero-order valence-electron chi connectivity index (χ0n) is 14.1. The Bertz CT molecular complexity index is 955. The molecule has 3 aromatic rings. The van der Waals surface area contributed by atoms with Crippen molar-refractivity contribution < 1.29 is 27.5 Å². The number of alkyl halides is 3. The van der Waals surface area contributed by atoms with E-state index in [4.69, 9.17) is 9.57 Å². The molecule has 0 spiro atoms. The van der Waals surface area contributed by atoms with Crippen LogP contribution in [0.15, 0.2) is 66.9 Å². The van der Waals surface area contributed by atoms with Crippen LogP contribution in [-0.2, 0) is 4.84 Å². The molecule has 2 aromatic heterocycles. The molecule has 1 atom stereocenters. The average molecular weight is 390 g/mol. The number of benzene rings is 1. The summed E-state index contributed by atoms with van der Waals surface area (Å²) in [7, 11) is 0. The van der Waals surface area contributed by atoms with Gasteiger partial charge in [0.1, 0.15) is 17.6 Å². The fourth-order valence-electron chi connectivity index (χ4n) is 2.53. The van der Waals surface area contributed by atoms with Crippen LogP contribution in [0.4, 0.5) is 13.2 Å². The van der Waals surface area contributed by atoms with Gasteiger partial charge in [-0.05, 0) is 29.8 Å². The van der Waals surface area contributed by atoms with Crippen molar-refractivity contribution in [2.45, 2.75) is 12.5 Å². The minimum absolute atomic E-state index is 0.300. The van der Waals surface area contributed by atoms with Gasteiger partial charge in [0.2, 0.25) is 5.88 Å². The predicted octanol–water partition coefficient (Wildman–Crippen LogP) is 3.87. The van der Waals surface area contributed by atoms with Crippen LogP contribution in [0.5, 0.6) is 11.5 Å². The number of ether oxygens (including phenoxy) is 2. The summed E-state index contributed by atoms with van der Waals surface area (Å²) in [5.41, 5.74) is 4.86. The second-order valence-electron chi connectivity index (χ2n) is 5.76. The zero-order chi connectivity index (χ0) is 19.6. The lowest BCUT2D eigenvalue weighted by Gasteiger charge is -2.11. The highest BCUT2D eigenvalue weighted by Crippen LogP contribution is 2.29. The molecule has 0 unspecified atom stereocenters. The molecule has 0 aliphatic carbocycles. The predicted molar refractivity (Wildman–Crippen MR) is 90.6 cm³/mol. The van der Waals surface area contributed by atoms with Gasteiger partial charge in [-0.3, -0.25) is 14.9 Å². The molecule has 0 radical (unpaired) electrons. The molecular formula is C18H13F3N4O3. The smallest absolute Gasteiger partial charge is 0.438 e. The summed E-state index contributed by atoms with van der Waals surface area (Å²) in [5.74, 6) is 0.536. The first-order valence-electron chi connectivity index (χ1n) is 8.08. The van der Waals surface area contributed by atoms with Gasteiger partial charge in [-0.15, -0.1) is 13.2 Å². The first kappa shape index (κ1) is 17.9. The maximum absolute atomic E-state index is 12.2. The molecule has 7 nitrogen and oxygen atoms in total. The number of H-pyrrole nitrogens is 1. The normalized spacial score (nSPS) is 16.4. The van der Waals surface area contributed by atoms with Crippen molar-refractivity contribution in [1.82, 2.24) is 20.7 Å². The topological polar surface area (TPSA) is 81.3 Å². The largest absolute Gasteiger partial charge is 0.573 e. The van der Waals surface area contributed by atoms with Crippen molar-refractivity contribution in [3.63, 3.8) is 0 Å². The summed E-state index contributed by atoms with van der Waals surface area (Å²) in [6.45, 7) is 0. The Kier molecular flexibility index (Phi) is 4.62. The van der Waals surface area contributed by atoms with E-state index in [1.807, 2.05) is 0 Å². The molecule has 0 saturated carbocycles. The highest BCUT2D eigenvalue weighted by molar-refractivity contribution is 5.57. The monoisotopic (exact) mass is 390 g/mol. The third kappa shape index (κ3) is 4.23. The number of hydroxylamine groups is 1. The molecule has 4 rings (SSSR count). The van der Waals surface area contributed by atoms with E-state index in [1.54, 1.807) is 36.8 Å². The van der Waals surface area contributed by atoms with Gasteiger partial charge in [0.05, 0.1) is 18.1 Å². The van der Waals surface area contributed by atoms with E-state index >= 15 is 0 Å². The van der Waals surface area contributed by atoms with Crippen molar-refractivity contribution in [3.05, 3.63) is 72.5 Å². The summed E-state index contributed by atoms with van der Waals surface area (Å²) in [6, 6.07) is 8.93. The van der Waals surface area contributed by atoms with E-state index in [0.29, 0.717) is 17.2 Å². The van der Waals surface area contributed by atoms with E-state index in [2.05, 4.69) is 25.4 Å². The Morgan fingerprint density at radius 3 is 2.43 bits per heavy atom. The SMILES string of the molecule is FC(F)(F)Oc1ccc([C@H]2C=C(Oc3ccc(-c4cn[nH]c4)nc3)NO2)cc1. The Balaban J connectivity index is 1.40. The van der Waals surface area contributed by atoms with Gasteiger partial charge in [-0.2, -0.15) is 5.10 Å². The molecule has 1 aromatic carbocycles. The summed E-state index contributed by atoms with van der Waals surface area (Å²) in [5, 5.41) is 6.58. The van der Waals surface area contributed by atoms with Crippen molar-refractivity contribution in [1.29, 1.82) is 0 Å². The standard InChI is InChI=1S/C18H13F3N4O3/c19-18(20,21)27-13-3-1-11(2-4-13)16-7-17(25-28-16)26-14-5-6-15(22-10-14)12-8-23-24-9-12/h1-10,16,25H,(H,23,24)/t16-/m1/s1. The van der Waals surface area contributed by atoms with Crippen LogP contribution >= 0.6 is 0 Å². The molecule has 28 heavy (non-hydrogen) atoms. The first-order valence-corrected chi connectivity index (χ1v) is 8.08. The van der Waals surface area contributed by atoms with Crippen LogP contribution in [0, 0.1) is 0 Å². The summed E-state index contributed by atoms with van der Waals surface area (Å²) < 4.78 is 46.1. The van der Waals surface area contributed by atoms with Gasteiger partial charge in [0, 0.05) is 17.8 Å². The average Bonchev–Trinajstić information content (AvgIpc) is 3.34. The minimum atomic E-state index is -4.73. The summed E-state index contributed by atoms with van der Waals surface area (Å²) in [6.07, 6.45) is 1.36. The van der Waals surface area contributed by atoms with Gasteiger partial charge < -0.3 is 9.47 Å². The van der Waals surface area contributed by atoms with E-state index in [0.717, 1.165) is 11.3 Å². The number of hydrogen-bond acceptors (Lipinski definition) is 6. The summed E-state index contributed by atoms with van der Waals surface area (Å²) >= 11 is 0. The van der Waals surface area contributed by atoms with E-state index in [1.165, 1.54) is 24.3 Å². The Morgan fingerprint density at radius 1 is 1.00 bits per heavy atom. The lowest BCUT2D eigenvalue weighted by atomic mass is 10.1. The molecular weight excluding hydrogens is 377 g/mol. The molecule has 1 aliphatic rings. The minimum Gasteiger partial charge on any atom is -0.438 e. The number of halogens is 3. The van der Waals surface area contributed by atoms with Gasteiger partial charge in [0.25, 0.3) is 0 Å². The zero-order valence-corrected chi connectivity index (χ0v) is 14.1. The molecule has 0 amide bonds. The molecule has 10 heteroatoms. The molecule has 0 fully saturated rings. The maximum atomic E-state index is 12.2. The van der Waals surface area contributed by atoms with Crippen molar-refractivity contribution in [3.8, 4) is 22.8 Å². The van der Waals surface area contributed by atoms with Gasteiger partial charge in [0.15, 0.2) is 0 Å². The number of aromatic nitrogens is 3. The first-order chi connectivity index (χ1) is 13.5. The second kappa shape index (κ2) is 7.24. The lowest BCUT2D eigenvalue weighted by Crippen LogP contribution is -2.17. The third-order valence-corrected chi connectivity index (χ3v) is 3.79. The van der Waals surface area contributed by atoms with Gasteiger partial charge in [-0.25, -0.2) is 5.48 Å². The van der Waals surface area contributed by atoms with Crippen molar-refractivity contribution in [2.24, 2.45) is 0 Å². The molecule has 0 saturated heterocycles. The molecule has 2 N–H and O–H groups in total. The fraction of sp³-hybridized carbons (Fsp3) is 0.111. The van der Waals surface area contributed by atoms with Crippen molar-refractivity contribution >= 4 is 0 Å². The van der Waals surface area contributed by atoms with Crippen LogP contribution in [0.3, 0.4) is 0 Å². The maximum Gasteiger partial charge on any atom is 0.573 e. The van der Waals surface area contributed by atoms with Crippen LogP contribution in [0.1, 0.15) is 11.7 Å². The highest BCUT2D eigenvalue weighted by atomic mass is 19.4. The van der Waals surface area contributed by atoms with Crippen molar-refractivity contribution in [2.75, 3.05) is 0 Å². The number of nitrogens with zero attached hydrogens (tertiary/aromatic N) is 2. The van der Waals surface area contributed by atoms with Gasteiger partial charge >= 0.3 is 6.36 Å². The quantitative estimate of drug-likeness (QED) is 0.689. The number of hydrogen-bond donors (Lipinski definition) is 2. The molecule has 144 valence electrons. The Hall–Kier alpha value is -3.53. The summed E-state index contributed by atoms with van der Waals surface area (Å²) in [4.78, 5) is 9.68. The van der Waals surface area contributed by atoms with Crippen LogP contribution < -0.4 is 15.0 Å². The van der Waals surface area contributed by atoms with Crippen LogP contribution in [0.2, 0.25) is 0 Å². The van der Waals surface area contributed by atoms with E-state index in [9.17, 15) is 13.2 Å². The highest BCUT2D eigenvalue weighted by Gasteiger charge is 2.31. The Labute approximate surface area is 156 Å². The second-order valence-corrected chi connectivity index (χ2v) is 5.76. The Morgan fingerprint density at radius 2 is 1.79 bits per heavy atom. The lowest BCUT2D eigenvalue weighted by molar-refractivity contribution is -0.274. The van der Waals surface area contributed by atoms with E-state index < -0.39 is 12.5 Å². The molecule has 0 bridgehead atoms. The number of nitrogens with one attached hydrogen (secondary N) is 2. The third-order valence-electron chi connectivity index (χ3n) is 3.79. The van der Waals surface area contributed by atoms with Crippen LogP contribution in [0.25, 0.3) is 11.3 Å². The molecule has 1 aliphatic heterocycles.